The number of hydrogen-bond acceptors (Lipinski definition) is 5. The van der Waals surface area contributed by atoms with E-state index in [1.165, 1.54) is 16.9 Å². The third-order valence-corrected chi connectivity index (χ3v) is 5.21. The molecule has 0 unspecified atom stereocenters. The Bertz CT molecular complexity index is 997. The van der Waals surface area contributed by atoms with Crippen LogP contribution < -0.4 is 5.56 Å². The van der Waals surface area contributed by atoms with Crippen molar-refractivity contribution in [3.8, 4) is 17.2 Å². The number of benzene rings is 1. The first kappa shape index (κ1) is 18.3. The fraction of sp³-hybridized carbons (Fsp3) is 0.350. The number of thiophene rings is 1. The van der Waals surface area contributed by atoms with Crippen molar-refractivity contribution in [1.82, 2.24) is 9.55 Å². The lowest BCUT2D eigenvalue weighted by Gasteiger charge is -2.12. The van der Waals surface area contributed by atoms with Gasteiger partial charge in [-0.25, -0.2) is 4.98 Å². The van der Waals surface area contributed by atoms with Gasteiger partial charge in [0, 0.05) is 37.4 Å². The van der Waals surface area contributed by atoms with Crippen molar-refractivity contribution in [3.05, 3.63) is 51.4 Å². The molecule has 0 radical (unpaired) electrons. The predicted molar refractivity (Wildman–Crippen MR) is 104 cm³/mol. The van der Waals surface area contributed by atoms with Gasteiger partial charge in [-0.15, -0.1) is 11.3 Å². The molecule has 3 rings (SSSR count). The van der Waals surface area contributed by atoms with Crippen LogP contribution in [0.3, 0.4) is 0 Å². The first-order chi connectivity index (χ1) is 12.7. The standard InChI is InChI=1S/C20H21N3O2S/c1-14-5-7-15(8-6-14)16-13-26-19-18(16)20(24)23(11-4-3-10-21)17(22-19)9-12-25-2/h5-8,13H,3-4,9,11-12H2,1-2H3. The Kier molecular flexibility index (Phi) is 5.82. The van der Waals surface area contributed by atoms with Gasteiger partial charge in [0.15, 0.2) is 0 Å². The summed E-state index contributed by atoms with van der Waals surface area (Å²) in [5.74, 6) is 0.722. The van der Waals surface area contributed by atoms with Gasteiger partial charge in [0.05, 0.1) is 18.1 Å². The zero-order valence-corrected chi connectivity index (χ0v) is 15.8. The number of fused-ring (bicyclic) bond motifs is 1. The molecule has 0 atom stereocenters. The molecule has 0 N–H and O–H groups in total. The molecule has 0 saturated heterocycles. The van der Waals surface area contributed by atoms with E-state index in [9.17, 15) is 4.79 Å². The van der Waals surface area contributed by atoms with Gasteiger partial charge in [0.25, 0.3) is 5.56 Å². The molecule has 0 aliphatic heterocycles. The number of unbranched alkanes of at least 4 members (excludes halogenated alkanes) is 1. The first-order valence-corrected chi connectivity index (χ1v) is 9.47. The Labute approximate surface area is 156 Å². The van der Waals surface area contributed by atoms with Gasteiger partial charge in [-0.2, -0.15) is 5.26 Å². The summed E-state index contributed by atoms with van der Waals surface area (Å²) in [6.07, 6.45) is 1.63. The number of nitrogens with zero attached hydrogens (tertiary/aromatic N) is 3. The number of methoxy groups -OCH3 is 1. The largest absolute Gasteiger partial charge is 0.384 e. The Morgan fingerprint density at radius 2 is 2.08 bits per heavy atom. The molecule has 26 heavy (non-hydrogen) atoms. The summed E-state index contributed by atoms with van der Waals surface area (Å²) in [6.45, 7) is 3.05. The van der Waals surface area contributed by atoms with E-state index in [1.54, 1.807) is 11.7 Å². The van der Waals surface area contributed by atoms with Crippen molar-refractivity contribution in [1.29, 1.82) is 5.26 Å². The second-order valence-electron chi connectivity index (χ2n) is 6.18. The van der Waals surface area contributed by atoms with Gasteiger partial charge in [-0.1, -0.05) is 29.8 Å². The van der Waals surface area contributed by atoms with Crippen LogP contribution in [0.4, 0.5) is 0 Å². The van der Waals surface area contributed by atoms with Crippen LogP contribution in [0.5, 0.6) is 0 Å². The Balaban J connectivity index is 2.13. The van der Waals surface area contributed by atoms with Gasteiger partial charge in [-0.05, 0) is 18.9 Å². The highest BCUT2D eigenvalue weighted by atomic mass is 32.1. The number of rotatable bonds is 7. The number of aromatic nitrogens is 2. The minimum absolute atomic E-state index is 0.0316. The monoisotopic (exact) mass is 367 g/mol. The van der Waals surface area contributed by atoms with Crippen molar-refractivity contribution in [2.24, 2.45) is 0 Å². The fourth-order valence-electron chi connectivity index (χ4n) is 2.94. The molecule has 0 saturated carbocycles. The normalized spacial score (nSPS) is 11.0. The molecule has 5 nitrogen and oxygen atoms in total. The average Bonchev–Trinajstić information content (AvgIpc) is 3.07. The van der Waals surface area contributed by atoms with Crippen LogP contribution in [0.25, 0.3) is 21.3 Å². The van der Waals surface area contributed by atoms with Crippen LogP contribution in [0.2, 0.25) is 0 Å². The molecule has 1 aromatic carbocycles. The lowest BCUT2D eigenvalue weighted by Crippen LogP contribution is -2.26. The van der Waals surface area contributed by atoms with Crippen LogP contribution in [0.15, 0.2) is 34.4 Å². The van der Waals surface area contributed by atoms with Gasteiger partial charge < -0.3 is 4.74 Å². The Hall–Kier alpha value is -2.49. The Morgan fingerprint density at radius 3 is 2.77 bits per heavy atom. The summed E-state index contributed by atoms with van der Waals surface area (Å²) in [7, 11) is 1.64. The van der Waals surface area contributed by atoms with Crippen LogP contribution >= 0.6 is 11.3 Å². The van der Waals surface area contributed by atoms with Crippen molar-refractivity contribution in [3.63, 3.8) is 0 Å². The predicted octanol–water partition coefficient (Wildman–Crippen LogP) is 3.93. The molecule has 0 bridgehead atoms. The molecule has 0 spiro atoms. The zero-order valence-electron chi connectivity index (χ0n) is 15.0. The summed E-state index contributed by atoms with van der Waals surface area (Å²) in [5, 5.41) is 11.5. The molecule has 0 fully saturated rings. The van der Waals surface area contributed by atoms with Crippen molar-refractivity contribution < 1.29 is 4.74 Å². The second-order valence-corrected chi connectivity index (χ2v) is 7.04. The van der Waals surface area contributed by atoms with E-state index in [1.807, 2.05) is 36.6 Å². The third kappa shape index (κ3) is 3.69. The van der Waals surface area contributed by atoms with Crippen molar-refractivity contribution in [2.45, 2.75) is 32.7 Å². The van der Waals surface area contributed by atoms with E-state index in [0.29, 0.717) is 37.8 Å². The first-order valence-electron chi connectivity index (χ1n) is 8.59. The van der Waals surface area contributed by atoms with E-state index in [4.69, 9.17) is 15.0 Å². The summed E-state index contributed by atoms with van der Waals surface area (Å²) in [6, 6.07) is 10.3. The van der Waals surface area contributed by atoms with E-state index in [2.05, 4.69) is 6.07 Å². The SMILES string of the molecule is COCCc1nc2scc(-c3ccc(C)cc3)c2c(=O)n1CCCC#N. The van der Waals surface area contributed by atoms with Gasteiger partial charge >= 0.3 is 0 Å². The zero-order chi connectivity index (χ0) is 18.5. The quantitative estimate of drug-likeness (QED) is 0.594. The van der Waals surface area contributed by atoms with E-state index >= 15 is 0 Å². The summed E-state index contributed by atoms with van der Waals surface area (Å²) in [4.78, 5) is 18.7. The van der Waals surface area contributed by atoms with E-state index in [0.717, 1.165) is 21.8 Å². The lowest BCUT2D eigenvalue weighted by molar-refractivity contribution is 0.199. The van der Waals surface area contributed by atoms with Crippen LogP contribution in [0.1, 0.15) is 24.2 Å². The van der Waals surface area contributed by atoms with Crippen molar-refractivity contribution in [2.75, 3.05) is 13.7 Å². The molecular formula is C20H21N3O2S. The third-order valence-electron chi connectivity index (χ3n) is 4.34. The highest BCUT2D eigenvalue weighted by Gasteiger charge is 2.16. The van der Waals surface area contributed by atoms with Crippen LogP contribution in [-0.2, 0) is 17.7 Å². The van der Waals surface area contributed by atoms with Gasteiger partial charge in [-0.3, -0.25) is 9.36 Å². The van der Waals surface area contributed by atoms with Gasteiger partial charge in [0.1, 0.15) is 10.7 Å². The van der Waals surface area contributed by atoms with E-state index in [-0.39, 0.29) is 5.56 Å². The van der Waals surface area contributed by atoms with E-state index < -0.39 is 0 Å². The number of nitriles is 1. The van der Waals surface area contributed by atoms with Crippen LogP contribution in [0, 0.1) is 18.3 Å². The molecule has 2 heterocycles. The van der Waals surface area contributed by atoms with Crippen LogP contribution in [-0.4, -0.2) is 23.3 Å². The molecule has 2 aromatic heterocycles. The minimum Gasteiger partial charge on any atom is -0.384 e. The maximum absolute atomic E-state index is 13.2. The molecular weight excluding hydrogens is 346 g/mol. The molecule has 0 aliphatic carbocycles. The fourth-order valence-corrected chi connectivity index (χ4v) is 3.90. The maximum atomic E-state index is 13.2. The second kappa shape index (κ2) is 8.26. The smallest absolute Gasteiger partial charge is 0.262 e. The minimum atomic E-state index is -0.0316. The molecule has 3 aromatic rings. The summed E-state index contributed by atoms with van der Waals surface area (Å²) < 4.78 is 6.87. The Morgan fingerprint density at radius 1 is 1.31 bits per heavy atom. The van der Waals surface area contributed by atoms with Gasteiger partial charge in [0.2, 0.25) is 0 Å². The molecule has 134 valence electrons. The number of ether oxygens (including phenoxy) is 1. The summed E-state index contributed by atoms with van der Waals surface area (Å²) >= 11 is 1.49. The van der Waals surface area contributed by atoms with Crippen molar-refractivity contribution >= 4 is 21.6 Å². The topological polar surface area (TPSA) is 67.9 Å². The number of aryl methyl sites for hydroxylation is 1. The highest BCUT2D eigenvalue weighted by molar-refractivity contribution is 7.17. The number of hydrogen-bond donors (Lipinski definition) is 0. The average molecular weight is 367 g/mol. The highest BCUT2D eigenvalue weighted by Crippen LogP contribution is 2.31. The molecule has 0 aliphatic rings. The summed E-state index contributed by atoms with van der Waals surface area (Å²) in [5.41, 5.74) is 3.10. The molecule has 0 amide bonds. The molecule has 6 heteroatoms. The lowest BCUT2D eigenvalue weighted by atomic mass is 10.0. The maximum Gasteiger partial charge on any atom is 0.262 e.